The van der Waals surface area contributed by atoms with Crippen LogP contribution < -0.4 is 10.6 Å². The minimum Gasteiger partial charge on any atom is -0.480 e. The Balaban J connectivity index is 4.51. The second-order valence-electron chi connectivity index (χ2n) is 5.89. The first kappa shape index (κ1) is 20.4. The van der Waals surface area contributed by atoms with Crippen molar-refractivity contribution in [1.29, 1.82) is 0 Å². The highest BCUT2D eigenvalue weighted by molar-refractivity contribution is 5.99. The molecule has 0 saturated carbocycles. The highest BCUT2D eigenvalue weighted by Crippen LogP contribution is 2.06. The lowest BCUT2D eigenvalue weighted by molar-refractivity contribution is -0.142. The number of nitrogens with one attached hydrogen (secondary N) is 2. The van der Waals surface area contributed by atoms with Crippen LogP contribution >= 0.6 is 0 Å². The second kappa shape index (κ2) is 8.16. The monoisotopic (exact) mass is 329 g/mol. The van der Waals surface area contributed by atoms with Gasteiger partial charge in [-0.25, -0.2) is 4.79 Å². The third-order valence-electron chi connectivity index (χ3n) is 2.38. The molecule has 3 amide bonds. The number of nitrogens with zero attached hydrogens (tertiary/aromatic N) is 1. The molecule has 0 aromatic rings. The van der Waals surface area contributed by atoms with Gasteiger partial charge in [0.2, 0.25) is 5.91 Å². The van der Waals surface area contributed by atoms with Gasteiger partial charge in [-0.3, -0.25) is 14.4 Å². The fourth-order valence-electron chi connectivity index (χ4n) is 1.37. The molecular weight excluding hydrogens is 306 g/mol. The number of carboxylic acid groups (broad SMARTS) is 1. The van der Waals surface area contributed by atoms with Gasteiger partial charge in [0, 0.05) is 7.05 Å². The van der Waals surface area contributed by atoms with E-state index in [9.17, 15) is 19.2 Å². The first-order chi connectivity index (χ1) is 10.3. The standard InChI is InChI=1S/C14H23N3O6/c1-8(16-13(22)23-14(3,4)5)11(20)15-9(2)12(21)17(6)7-10(18)19/h8H,2,7H2,1,3-6H3,(H,15,20)(H,16,22)(H,18,19)/t8-/m1/s1. The maximum absolute atomic E-state index is 11.9. The summed E-state index contributed by atoms with van der Waals surface area (Å²) < 4.78 is 5.00. The number of hydrogen-bond acceptors (Lipinski definition) is 5. The minimum absolute atomic E-state index is 0.295. The lowest BCUT2D eigenvalue weighted by Gasteiger charge is -2.22. The Labute approximate surface area is 134 Å². The SMILES string of the molecule is C=C(NC(=O)[C@@H](C)NC(=O)OC(C)(C)C)C(=O)N(C)CC(=O)O. The smallest absolute Gasteiger partial charge is 0.408 e. The van der Waals surface area contributed by atoms with Crippen LogP contribution in [0.2, 0.25) is 0 Å². The fraction of sp³-hybridized carbons (Fsp3) is 0.571. The summed E-state index contributed by atoms with van der Waals surface area (Å²) >= 11 is 0. The maximum atomic E-state index is 11.9. The van der Waals surface area contributed by atoms with Crippen LogP contribution in [0.4, 0.5) is 4.79 Å². The van der Waals surface area contributed by atoms with E-state index in [0.717, 1.165) is 4.90 Å². The van der Waals surface area contributed by atoms with Gasteiger partial charge in [0.15, 0.2) is 0 Å². The summed E-state index contributed by atoms with van der Waals surface area (Å²) in [5.41, 5.74) is -1.00. The molecule has 0 aliphatic heterocycles. The molecule has 0 saturated heterocycles. The number of alkyl carbamates (subject to hydrolysis) is 1. The molecule has 0 aromatic carbocycles. The number of ether oxygens (including phenoxy) is 1. The van der Waals surface area contributed by atoms with E-state index in [1.165, 1.54) is 14.0 Å². The second-order valence-corrected chi connectivity index (χ2v) is 5.89. The maximum Gasteiger partial charge on any atom is 0.408 e. The number of carboxylic acids is 1. The van der Waals surface area contributed by atoms with Gasteiger partial charge in [0.05, 0.1) is 5.70 Å². The van der Waals surface area contributed by atoms with Gasteiger partial charge >= 0.3 is 12.1 Å². The summed E-state index contributed by atoms with van der Waals surface area (Å²) in [4.78, 5) is 46.6. The predicted molar refractivity (Wildman–Crippen MR) is 81.4 cm³/mol. The van der Waals surface area contributed by atoms with Crippen LogP contribution in [0.3, 0.4) is 0 Å². The van der Waals surface area contributed by atoms with Crippen molar-refractivity contribution in [3.63, 3.8) is 0 Å². The molecule has 0 aromatic heterocycles. The molecular formula is C14H23N3O6. The predicted octanol–water partition coefficient (Wildman–Crippen LogP) is 0.0725. The Morgan fingerprint density at radius 1 is 1.26 bits per heavy atom. The van der Waals surface area contributed by atoms with E-state index in [-0.39, 0.29) is 5.70 Å². The third-order valence-corrected chi connectivity index (χ3v) is 2.38. The van der Waals surface area contributed by atoms with Gasteiger partial charge < -0.3 is 25.4 Å². The van der Waals surface area contributed by atoms with E-state index in [0.29, 0.717) is 0 Å². The number of aliphatic carboxylic acids is 1. The fourth-order valence-corrected chi connectivity index (χ4v) is 1.37. The number of amides is 3. The summed E-state index contributed by atoms with van der Waals surface area (Å²) in [5.74, 6) is -2.62. The van der Waals surface area contributed by atoms with E-state index >= 15 is 0 Å². The van der Waals surface area contributed by atoms with Crippen molar-refractivity contribution in [2.45, 2.75) is 39.3 Å². The molecule has 0 radical (unpaired) electrons. The van der Waals surface area contributed by atoms with Gasteiger partial charge in [-0.05, 0) is 27.7 Å². The molecule has 0 unspecified atom stereocenters. The van der Waals surface area contributed by atoms with E-state index < -0.39 is 42.1 Å². The van der Waals surface area contributed by atoms with Gasteiger partial charge in [-0.2, -0.15) is 0 Å². The number of hydrogen-bond donors (Lipinski definition) is 3. The summed E-state index contributed by atoms with van der Waals surface area (Å²) in [6.45, 7) is 9.29. The summed E-state index contributed by atoms with van der Waals surface area (Å²) in [7, 11) is 1.26. The molecule has 23 heavy (non-hydrogen) atoms. The first-order valence-electron chi connectivity index (χ1n) is 6.80. The summed E-state index contributed by atoms with van der Waals surface area (Å²) in [5, 5.41) is 13.1. The Hall–Kier alpha value is -2.58. The average molecular weight is 329 g/mol. The van der Waals surface area contributed by atoms with E-state index in [2.05, 4.69) is 17.2 Å². The zero-order valence-corrected chi connectivity index (χ0v) is 13.9. The van der Waals surface area contributed by atoms with Crippen molar-refractivity contribution >= 4 is 23.9 Å². The minimum atomic E-state index is -1.19. The largest absolute Gasteiger partial charge is 0.480 e. The van der Waals surface area contributed by atoms with Crippen LogP contribution in [-0.2, 0) is 19.1 Å². The number of likely N-dealkylation sites (N-methyl/N-ethyl adjacent to an activating group) is 1. The van der Waals surface area contributed by atoms with Crippen LogP contribution in [0.1, 0.15) is 27.7 Å². The van der Waals surface area contributed by atoms with Crippen molar-refractivity contribution in [3.05, 3.63) is 12.3 Å². The van der Waals surface area contributed by atoms with Gasteiger partial charge in [-0.15, -0.1) is 0 Å². The van der Waals surface area contributed by atoms with Gasteiger partial charge in [-0.1, -0.05) is 6.58 Å². The van der Waals surface area contributed by atoms with Crippen LogP contribution in [0.5, 0.6) is 0 Å². The molecule has 130 valence electrons. The van der Waals surface area contributed by atoms with Crippen molar-refractivity contribution in [2.75, 3.05) is 13.6 Å². The Kier molecular flexibility index (Phi) is 7.24. The lowest BCUT2D eigenvalue weighted by Crippen LogP contribution is -2.48. The Bertz CT molecular complexity index is 509. The molecule has 0 aliphatic carbocycles. The van der Waals surface area contributed by atoms with Gasteiger partial charge in [0.25, 0.3) is 5.91 Å². The van der Waals surface area contributed by atoms with Crippen LogP contribution in [-0.4, -0.2) is 59.1 Å². The van der Waals surface area contributed by atoms with E-state index in [1.807, 2.05) is 0 Å². The van der Waals surface area contributed by atoms with Crippen LogP contribution in [0.15, 0.2) is 12.3 Å². The average Bonchev–Trinajstić information content (AvgIpc) is 2.34. The van der Waals surface area contributed by atoms with Crippen LogP contribution in [0, 0.1) is 0 Å². The number of carbonyl (C=O) groups excluding carboxylic acids is 3. The molecule has 0 bridgehead atoms. The topological polar surface area (TPSA) is 125 Å². The molecule has 0 aliphatic rings. The summed E-state index contributed by atoms with van der Waals surface area (Å²) in [6, 6.07) is -0.973. The normalized spacial score (nSPS) is 11.9. The highest BCUT2D eigenvalue weighted by atomic mass is 16.6. The van der Waals surface area contributed by atoms with E-state index in [1.54, 1.807) is 20.8 Å². The number of carbonyl (C=O) groups is 4. The van der Waals surface area contributed by atoms with Crippen LogP contribution in [0.25, 0.3) is 0 Å². The molecule has 0 heterocycles. The molecule has 1 atom stereocenters. The van der Waals surface area contributed by atoms with Crippen molar-refractivity contribution in [2.24, 2.45) is 0 Å². The molecule has 0 fully saturated rings. The van der Waals surface area contributed by atoms with Crippen molar-refractivity contribution in [1.82, 2.24) is 15.5 Å². The quantitative estimate of drug-likeness (QED) is 0.592. The zero-order valence-electron chi connectivity index (χ0n) is 13.9. The zero-order chi connectivity index (χ0) is 18.4. The van der Waals surface area contributed by atoms with Crippen molar-refractivity contribution in [3.8, 4) is 0 Å². The van der Waals surface area contributed by atoms with Crippen molar-refractivity contribution < 1.29 is 29.0 Å². The Morgan fingerprint density at radius 2 is 1.78 bits per heavy atom. The molecule has 3 N–H and O–H groups in total. The van der Waals surface area contributed by atoms with E-state index in [4.69, 9.17) is 9.84 Å². The first-order valence-corrected chi connectivity index (χ1v) is 6.80. The molecule has 9 nitrogen and oxygen atoms in total. The molecule has 0 rings (SSSR count). The number of rotatable bonds is 6. The lowest BCUT2D eigenvalue weighted by atomic mass is 10.2. The third kappa shape index (κ3) is 8.44. The summed E-state index contributed by atoms with van der Waals surface area (Å²) in [6.07, 6.45) is -0.778. The molecule has 0 spiro atoms. The molecule has 9 heteroatoms. The van der Waals surface area contributed by atoms with Gasteiger partial charge in [0.1, 0.15) is 18.2 Å². The highest BCUT2D eigenvalue weighted by Gasteiger charge is 2.23. The Morgan fingerprint density at radius 3 is 2.22 bits per heavy atom.